The number of nitrogens with zero attached hydrogens (tertiary/aromatic N) is 1. The number of nitrogens with one attached hydrogen (secondary N) is 1. The Hall–Kier alpha value is -2.14. The van der Waals surface area contributed by atoms with E-state index < -0.39 is 5.54 Å². The van der Waals surface area contributed by atoms with Gasteiger partial charge in [-0.15, -0.1) is 0 Å². The Kier molecular flexibility index (Phi) is 5.23. The maximum atomic E-state index is 12.8. The van der Waals surface area contributed by atoms with Gasteiger partial charge in [-0.1, -0.05) is 58.4 Å². The molecule has 1 heterocycles. The van der Waals surface area contributed by atoms with E-state index in [4.69, 9.17) is 0 Å². The summed E-state index contributed by atoms with van der Waals surface area (Å²) in [6.45, 7) is 2.76. The first-order valence-corrected chi connectivity index (χ1v) is 9.15. The summed E-state index contributed by atoms with van der Waals surface area (Å²) in [6, 6.07) is 17.6. The van der Waals surface area contributed by atoms with Crippen molar-refractivity contribution < 1.29 is 9.59 Å². The molecule has 1 aliphatic heterocycles. The second-order valence-electron chi connectivity index (χ2n) is 6.55. The van der Waals surface area contributed by atoms with Crippen molar-refractivity contribution in [1.82, 2.24) is 10.2 Å². The Morgan fingerprint density at radius 2 is 1.88 bits per heavy atom. The lowest BCUT2D eigenvalue weighted by molar-refractivity contribution is -0.141. The summed E-state index contributed by atoms with van der Waals surface area (Å²) in [7, 11) is 0. The van der Waals surface area contributed by atoms with E-state index >= 15 is 0 Å². The largest absolute Gasteiger partial charge is 0.350 e. The first-order valence-electron chi connectivity index (χ1n) is 8.36. The summed E-state index contributed by atoms with van der Waals surface area (Å²) >= 11 is 3.45. The molecule has 0 aromatic heterocycles. The predicted octanol–water partition coefficient (Wildman–Crippen LogP) is 3.65. The molecule has 0 saturated carbocycles. The molecule has 0 radical (unpaired) electrons. The molecule has 130 valence electrons. The Bertz CT molecular complexity index is 778. The number of hydrogen-bond acceptors (Lipinski definition) is 2. The molecule has 4 nitrogen and oxygen atoms in total. The summed E-state index contributed by atoms with van der Waals surface area (Å²) in [5, 5.41) is 2.99. The zero-order valence-electron chi connectivity index (χ0n) is 14.2. The van der Waals surface area contributed by atoms with Crippen molar-refractivity contribution >= 4 is 27.7 Å². The maximum Gasteiger partial charge on any atom is 0.245 e. The number of rotatable bonds is 5. The summed E-state index contributed by atoms with van der Waals surface area (Å²) in [4.78, 5) is 26.9. The minimum absolute atomic E-state index is 0.0253. The number of halogens is 1. The standard InChI is InChI=1S/C20H21BrN2O2/c1-20(19(25)22-13-15-6-3-2-4-7-15)11-10-18(24)23(20)14-16-8-5-9-17(21)12-16/h2-9,12H,10-11,13-14H2,1H3,(H,22,25). The van der Waals surface area contributed by atoms with Gasteiger partial charge in [0.25, 0.3) is 0 Å². The molecular weight excluding hydrogens is 380 g/mol. The van der Waals surface area contributed by atoms with Gasteiger partial charge in [0.2, 0.25) is 11.8 Å². The minimum atomic E-state index is -0.811. The lowest BCUT2D eigenvalue weighted by Crippen LogP contribution is -2.53. The smallest absolute Gasteiger partial charge is 0.245 e. The van der Waals surface area contributed by atoms with Gasteiger partial charge in [-0.25, -0.2) is 0 Å². The van der Waals surface area contributed by atoms with E-state index in [9.17, 15) is 9.59 Å². The van der Waals surface area contributed by atoms with Crippen molar-refractivity contribution in [2.24, 2.45) is 0 Å². The van der Waals surface area contributed by atoms with Crippen LogP contribution in [0.4, 0.5) is 0 Å². The van der Waals surface area contributed by atoms with Crippen LogP contribution in [-0.2, 0) is 22.7 Å². The van der Waals surface area contributed by atoms with Crippen molar-refractivity contribution in [3.8, 4) is 0 Å². The van der Waals surface area contributed by atoms with Crippen molar-refractivity contribution in [2.45, 2.75) is 38.4 Å². The average Bonchev–Trinajstić information content (AvgIpc) is 2.90. The molecule has 25 heavy (non-hydrogen) atoms. The fraction of sp³-hybridized carbons (Fsp3) is 0.300. The van der Waals surface area contributed by atoms with Crippen molar-refractivity contribution in [2.75, 3.05) is 0 Å². The van der Waals surface area contributed by atoms with Crippen LogP contribution in [0.25, 0.3) is 0 Å². The zero-order valence-corrected chi connectivity index (χ0v) is 15.8. The van der Waals surface area contributed by atoms with Crippen molar-refractivity contribution in [1.29, 1.82) is 0 Å². The number of carbonyl (C=O) groups excluding carboxylic acids is 2. The molecule has 1 N–H and O–H groups in total. The average molecular weight is 401 g/mol. The van der Waals surface area contributed by atoms with E-state index in [-0.39, 0.29) is 11.8 Å². The Morgan fingerprint density at radius 1 is 1.16 bits per heavy atom. The van der Waals surface area contributed by atoms with Gasteiger partial charge < -0.3 is 10.2 Å². The quantitative estimate of drug-likeness (QED) is 0.832. The highest BCUT2D eigenvalue weighted by Gasteiger charge is 2.46. The summed E-state index contributed by atoms with van der Waals surface area (Å²) < 4.78 is 0.965. The Balaban J connectivity index is 1.73. The highest BCUT2D eigenvalue weighted by molar-refractivity contribution is 9.10. The van der Waals surface area contributed by atoms with E-state index in [0.29, 0.717) is 25.9 Å². The topological polar surface area (TPSA) is 49.4 Å². The van der Waals surface area contributed by atoms with E-state index in [1.54, 1.807) is 4.90 Å². The van der Waals surface area contributed by atoms with Gasteiger partial charge in [-0.2, -0.15) is 0 Å². The van der Waals surface area contributed by atoms with E-state index in [1.165, 1.54) is 0 Å². The van der Waals surface area contributed by atoms with Gasteiger partial charge in [-0.3, -0.25) is 9.59 Å². The third kappa shape index (κ3) is 3.93. The number of carbonyl (C=O) groups is 2. The third-order valence-corrected chi connectivity index (χ3v) is 5.23. The summed E-state index contributed by atoms with van der Waals surface area (Å²) in [5.74, 6) is -0.0745. The molecule has 2 aromatic carbocycles. The maximum absolute atomic E-state index is 12.8. The molecule has 0 aliphatic carbocycles. The van der Waals surface area contributed by atoms with Crippen LogP contribution in [0.1, 0.15) is 30.9 Å². The fourth-order valence-corrected chi connectivity index (χ4v) is 3.63. The van der Waals surface area contributed by atoms with Crippen LogP contribution < -0.4 is 5.32 Å². The molecule has 1 fully saturated rings. The first-order chi connectivity index (χ1) is 12.0. The van der Waals surface area contributed by atoms with Crippen LogP contribution >= 0.6 is 15.9 Å². The van der Waals surface area contributed by atoms with Gasteiger partial charge in [0.1, 0.15) is 5.54 Å². The monoisotopic (exact) mass is 400 g/mol. The molecule has 2 amide bonds. The second kappa shape index (κ2) is 7.40. The van der Waals surface area contributed by atoms with Gasteiger partial charge in [-0.05, 0) is 36.6 Å². The third-order valence-electron chi connectivity index (χ3n) is 4.74. The molecule has 1 atom stereocenters. The normalized spacial score (nSPS) is 19.9. The SMILES string of the molecule is CC1(C(=O)NCc2ccccc2)CCC(=O)N1Cc1cccc(Br)c1. The number of benzene rings is 2. The van der Waals surface area contributed by atoms with E-state index in [0.717, 1.165) is 15.6 Å². The fourth-order valence-electron chi connectivity index (χ4n) is 3.18. The second-order valence-corrected chi connectivity index (χ2v) is 7.47. The van der Waals surface area contributed by atoms with Crippen LogP contribution in [0.15, 0.2) is 59.1 Å². The number of amides is 2. The van der Waals surface area contributed by atoms with Crippen molar-refractivity contribution in [3.63, 3.8) is 0 Å². The van der Waals surface area contributed by atoms with Crippen molar-refractivity contribution in [3.05, 3.63) is 70.2 Å². The highest BCUT2D eigenvalue weighted by Crippen LogP contribution is 2.32. The minimum Gasteiger partial charge on any atom is -0.350 e. The molecule has 1 saturated heterocycles. The Morgan fingerprint density at radius 3 is 2.60 bits per heavy atom. The van der Waals surface area contributed by atoms with Crippen LogP contribution in [0.5, 0.6) is 0 Å². The predicted molar refractivity (Wildman–Crippen MR) is 101 cm³/mol. The highest BCUT2D eigenvalue weighted by atomic mass is 79.9. The molecule has 1 aliphatic rings. The zero-order chi connectivity index (χ0) is 17.9. The number of hydrogen-bond donors (Lipinski definition) is 1. The van der Waals surface area contributed by atoms with Gasteiger partial charge in [0, 0.05) is 24.0 Å². The molecule has 5 heteroatoms. The molecular formula is C20H21BrN2O2. The molecule has 3 rings (SSSR count). The first kappa shape index (κ1) is 17.7. The van der Waals surface area contributed by atoms with Crippen LogP contribution in [0.3, 0.4) is 0 Å². The van der Waals surface area contributed by atoms with E-state index in [1.807, 2.05) is 61.5 Å². The molecule has 2 aromatic rings. The van der Waals surface area contributed by atoms with Gasteiger partial charge in [0.05, 0.1) is 0 Å². The number of likely N-dealkylation sites (tertiary alicyclic amines) is 1. The van der Waals surface area contributed by atoms with E-state index in [2.05, 4.69) is 21.2 Å². The molecule has 0 bridgehead atoms. The Labute approximate surface area is 156 Å². The van der Waals surface area contributed by atoms with Gasteiger partial charge in [0.15, 0.2) is 0 Å². The molecule has 0 spiro atoms. The molecule has 1 unspecified atom stereocenters. The lowest BCUT2D eigenvalue weighted by atomic mass is 9.97. The van der Waals surface area contributed by atoms with Crippen LogP contribution in [0, 0.1) is 0 Å². The summed E-state index contributed by atoms with van der Waals surface area (Å²) in [6.07, 6.45) is 0.948. The van der Waals surface area contributed by atoms with Crippen LogP contribution in [0.2, 0.25) is 0 Å². The van der Waals surface area contributed by atoms with Gasteiger partial charge >= 0.3 is 0 Å². The van der Waals surface area contributed by atoms with Crippen LogP contribution in [-0.4, -0.2) is 22.3 Å². The lowest BCUT2D eigenvalue weighted by Gasteiger charge is -2.34. The summed E-state index contributed by atoms with van der Waals surface area (Å²) in [5.41, 5.74) is 1.24.